The second-order valence-electron chi connectivity index (χ2n) is 5.15. The van der Waals surface area contributed by atoms with Crippen molar-refractivity contribution in [2.75, 3.05) is 19.8 Å². The summed E-state index contributed by atoms with van der Waals surface area (Å²) in [6.07, 6.45) is 4.82. The predicted molar refractivity (Wildman–Crippen MR) is 71.6 cm³/mol. The number of aryl methyl sites for hydroxylation is 2. The number of hydrogen-bond donors (Lipinski definition) is 3. The zero-order valence-electron chi connectivity index (χ0n) is 11.4. The molecule has 1 saturated heterocycles. The molecule has 4 N–H and O–H groups in total. The summed E-state index contributed by atoms with van der Waals surface area (Å²) in [4.78, 5) is 12.0. The van der Waals surface area contributed by atoms with Crippen LogP contribution in [0.4, 0.5) is 0 Å². The number of hydrogen-bond acceptors (Lipinski definition) is 4. The number of rotatable bonds is 5. The van der Waals surface area contributed by atoms with Crippen LogP contribution in [-0.2, 0) is 16.0 Å². The van der Waals surface area contributed by atoms with Gasteiger partial charge in [0.05, 0.1) is 11.7 Å². The minimum atomic E-state index is -0.746. The summed E-state index contributed by atoms with van der Waals surface area (Å²) in [5, 5.41) is 9.80. The van der Waals surface area contributed by atoms with Gasteiger partial charge in [0.15, 0.2) is 0 Å². The van der Waals surface area contributed by atoms with Crippen LogP contribution in [0.3, 0.4) is 0 Å². The third-order valence-electron chi connectivity index (χ3n) is 3.68. The van der Waals surface area contributed by atoms with E-state index in [-0.39, 0.29) is 5.91 Å². The molecule has 1 aliphatic heterocycles. The van der Waals surface area contributed by atoms with Gasteiger partial charge < -0.3 is 15.8 Å². The zero-order valence-corrected chi connectivity index (χ0v) is 11.4. The Morgan fingerprint density at radius 3 is 2.95 bits per heavy atom. The van der Waals surface area contributed by atoms with Crippen molar-refractivity contribution in [2.24, 2.45) is 5.73 Å². The smallest absolute Gasteiger partial charge is 0.240 e. The van der Waals surface area contributed by atoms with Crippen molar-refractivity contribution in [3.63, 3.8) is 0 Å². The Morgan fingerprint density at radius 1 is 1.58 bits per heavy atom. The normalized spacial score (nSPS) is 18.2. The first-order valence-corrected chi connectivity index (χ1v) is 6.75. The highest BCUT2D eigenvalue weighted by molar-refractivity contribution is 5.86. The van der Waals surface area contributed by atoms with Crippen LogP contribution >= 0.6 is 0 Å². The molecule has 2 heterocycles. The van der Waals surface area contributed by atoms with Crippen LogP contribution in [0.25, 0.3) is 0 Å². The molecule has 1 aliphatic rings. The van der Waals surface area contributed by atoms with Gasteiger partial charge in [-0.05, 0) is 38.2 Å². The van der Waals surface area contributed by atoms with Gasteiger partial charge in [0, 0.05) is 25.5 Å². The largest absolute Gasteiger partial charge is 0.381 e. The summed E-state index contributed by atoms with van der Waals surface area (Å²) < 4.78 is 5.23. The number of amides is 1. The lowest BCUT2D eigenvalue weighted by Crippen LogP contribution is -2.57. The fourth-order valence-corrected chi connectivity index (χ4v) is 2.25. The van der Waals surface area contributed by atoms with Gasteiger partial charge in [-0.1, -0.05) is 0 Å². The van der Waals surface area contributed by atoms with E-state index in [0.717, 1.165) is 18.5 Å². The molecule has 0 atom stereocenters. The number of carbonyl (C=O) groups is 1. The molecule has 2 rings (SSSR count). The number of aromatic amines is 1. The van der Waals surface area contributed by atoms with Crippen molar-refractivity contribution >= 4 is 5.91 Å². The van der Waals surface area contributed by atoms with E-state index in [1.54, 1.807) is 0 Å². The van der Waals surface area contributed by atoms with E-state index in [0.29, 0.717) is 32.6 Å². The second kappa shape index (κ2) is 6.16. The van der Waals surface area contributed by atoms with Crippen LogP contribution < -0.4 is 11.1 Å². The van der Waals surface area contributed by atoms with Gasteiger partial charge in [0.25, 0.3) is 0 Å². The number of H-pyrrole nitrogens is 1. The summed E-state index contributed by atoms with van der Waals surface area (Å²) in [5.74, 6) is -0.0558. The minimum absolute atomic E-state index is 0.0558. The van der Waals surface area contributed by atoms with Gasteiger partial charge in [0.2, 0.25) is 5.91 Å². The Balaban J connectivity index is 1.70. The zero-order chi connectivity index (χ0) is 13.7. The van der Waals surface area contributed by atoms with Crippen LogP contribution in [0.2, 0.25) is 0 Å². The van der Waals surface area contributed by atoms with E-state index in [9.17, 15) is 4.79 Å². The lowest BCUT2D eigenvalue weighted by molar-refractivity contribution is -0.129. The molecule has 0 saturated carbocycles. The van der Waals surface area contributed by atoms with E-state index in [1.807, 2.05) is 13.1 Å². The Kier molecular flexibility index (Phi) is 4.55. The Bertz CT molecular complexity index is 424. The number of nitrogens with one attached hydrogen (secondary N) is 2. The first-order valence-electron chi connectivity index (χ1n) is 6.75. The number of nitrogens with zero attached hydrogens (tertiary/aromatic N) is 1. The van der Waals surface area contributed by atoms with Crippen LogP contribution in [0.15, 0.2) is 6.20 Å². The monoisotopic (exact) mass is 266 g/mol. The van der Waals surface area contributed by atoms with Gasteiger partial charge in [-0.15, -0.1) is 0 Å². The predicted octanol–water partition coefficient (Wildman–Crippen LogP) is 0.275. The lowest BCUT2D eigenvalue weighted by atomic mass is 9.90. The van der Waals surface area contributed by atoms with Crippen LogP contribution in [-0.4, -0.2) is 41.4 Å². The molecule has 1 aromatic heterocycles. The molecular formula is C13H22N4O2. The van der Waals surface area contributed by atoms with Crippen molar-refractivity contribution in [1.29, 1.82) is 0 Å². The van der Waals surface area contributed by atoms with E-state index < -0.39 is 5.54 Å². The Labute approximate surface area is 113 Å². The molecule has 0 radical (unpaired) electrons. The third-order valence-corrected chi connectivity index (χ3v) is 3.68. The van der Waals surface area contributed by atoms with E-state index in [4.69, 9.17) is 10.5 Å². The van der Waals surface area contributed by atoms with Gasteiger partial charge in [0.1, 0.15) is 0 Å². The van der Waals surface area contributed by atoms with Crippen molar-refractivity contribution in [2.45, 2.75) is 38.1 Å². The fourth-order valence-electron chi connectivity index (χ4n) is 2.25. The molecule has 0 aromatic carbocycles. The molecule has 0 spiro atoms. The van der Waals surface area contributed by atoms with E-state index in [2.05, 4.69) is 15.5 Å². The summed E-state index contributed by atoms with van der Waals surface area (Å²) in [7, 11) is 0. The SMILES string of the molecule is Cc1[nH]ncc1CCCNC(=O)C1(N)CCOCC1. The lowest BCUT2D eigenvalue weighted by Gasteiger charge is -2.31. The average Bonchev–Trinajstić information content (AvgIpc) is 2.81. The van der Waals surface area contributed by atoms with Crippen LogP contribution in [0, 0.1) is 6.92 Å². The average molecular weight is 266 g/mol. The fraction of sp³-hybridized carbons (Fsp3) is 0.692. The maximum atomic E-state index is 12.0. The molecular weight excluding hydrogens is 244 g/mol. The van der Waals surface area contributed by atoms with Gasteiger partial charge in [-0.3, -0.25) is 9.89 Å². The van der Waals surface area contributed by atoms with Crippen molar-refractivity contribution in [3.05, 3.63) is 17.5 Å². The summed E-state index contributed by atoms with van der Waals surface area (Å²) in [6, 6.07) is 0. The molecule has 6 nitrogen and oxygen atoms in total. The molecule has 0 bridgehead atoms. The third kappa shape index (κ3) is 3.54. The van der Waals surface area contributed by atoms with E-state index in [1.165, 1.54) is 5.56 Å². The van der Waals surface area contributed by atoms with Gasteiger partial charge >= 0.3 is 0 Å². The quantitative estimate of drug-likeness (QED) is 0.667. The molecule has 1 fully saturated rings. The minimum Gasteiger partial charge on any atom is -0.381 e. The highest BCUT2D eigenvalue weighted by Gasteiger charge is 2.35. The van der Waals surface area contributed by atoms with Gasteiger partial charge in [-0.25, -0.2) is 0 Å². The maximum Gasteiger partial charge on any atom is 0.240 e. The number of aromatic nitrogens is 2. The molecule has 1 aromatic rings. The van der Waals surface area contributed by atoms with Crippen molar-refractivity contribution in [3.8, 4) is 0 Å². The molecule has 0 aliphatic carbocycles. The molecule has 106 valence electrons. The summed E-state index contributed by atoms with van der Waals surface area (Å²) >= 11 is 0. The highest BCUT2D eigenvalue weighted by atomic mass is 16.5. The highest BCUT2D eigenvalue weighted by Crippen LogP contribution is 2.17. The van der Waals surface area contributed by atoms with Crippen LogP contribution in [0.5, 0.6) is 0 Å². The van der Waals surface area contributed by atoms with E-state index >= 15 is 0 Å². The van der Waals surface area contributed by atoms with Crippen LogP contribution in [0.1, 0.15) is 30.5 Å². The van der Waals surface area contributed by atoms with Crippen molar-refractivity contribution < 1.29 is 9.53 Å². The topological polar surface area (TPSA) is 93.0 Å². The summed E-state index contributed by atoms with van der Waals surface area (Å²) in [5.41, 5.74) is 7.64. The number of nitrogens with two attached hydrogens (primary N) is 1. The Morgan fingerprint density at radius 2 is 2.32 bits per heavy atom. The van der Waals surface area contributed by atoms with Gasteiger partial charge in [-0.2, -0.15) is 5.10 Å². The second-order valence-corrected chi connectivity index (χ2v) is 5.15. The van der Waals surface area contributed by atoms with Crippen molar-refractivity contribution in [1.82, 2.24) is 15.5 Å². The Hall–Kier alpha value is -1.40. The molecule has 1 amide bonds. The molecule has 6 heteroatoms. The standard InChI is InChI=1S/C13H22N4O2/c1-10-11(9-16-17-10)3-2-6-15-12(18)13(14)4-7-19-8-5-13/h9H,2-8,14H2,1H3,(H,15,18)(H,16,17). The molecule has 19 heavy (non-hydrogen) atoms. The number of carbonyl (C=O) groups excluding carboxylic acids is 1. The summed E-state index contributed by atoms with van der Waals surface area (Å²) in [6.45, 7) is 3.78. The first-order chi connectivity index (χ1) is 9.12. The maximum absolute atomic E-state index is 12.0. The molecule has 0 unspecified atom stereocenters. The number of ether oxygens (including phenoxy) is 1. The first kappa shape index (κ1) is 14.0.